The Hall–Kier alpha value is -3.07. The van der Waals surface area contributed by atoms with E-state index < -0.39 is 28.5 Å². The molecule has 0 fully saturated rings. The van der Waals surface area contributed by atoms with E-state index in [0.29, 0.717) is 34.3 Å². The lowest BCUT2D eigenvalue weighted by molar-refractivity contribution is -0.140. The van der Waals surface area contributed by atoms with Crippen LogP contribution in [-0.4, -0.2) is 44.3 Å². The van der Waals surface area contributed by atoms with Gasteiger partial charge in [-0.05, 0) is 67.3 Å². The summed E-state index contributed by atoms with van der Waals surface area (Å²) in [6, 6.07) is 18.9. The van der Waals surface area contributed by atoms with Crippen molar-refractivity contribution in [1.82, 2.24) is 10.2 Å². The van der Waals surface area contributed by atoms with Gasteiger partial charge >= 0.3 is 0 Å². The Kier molecular flexibility index (Phi) is 11.0. The first-order valence-corrected chi connectivity index (χ1v) is 15.3. The van der Waals surface area contributed by atoms with Crippen LogP contribution < -0.4 is 9.62 Å². The molecule has 0 heterocycles. The van der Waals surface area contributed by atoms with Crippen molar-refractivity contribution in [2.45, 2.75) is 51.6 Å². The molecule has 0 bridgehead atoms. The van der Waals surface area contributed by atoms with Crippen LogP contribution in [0.4, 0.5) is 5.69 Å². The topological polar surface area (TPSA) is 86.8 Å². The highest BCUT2D eigenvalue weighted by Gasteiger charge is 2.34. The van der Waals surface area contributed by atoms with E-state index in [2.05, 4.69) is 5.32 Å². The maximum atomic E-state index is 14.1. The summed E-state index contributed by atoms with van der Waals surface area (Å²) < 4.78 is 28.8. The van der Waals surface area contributed by atoms with Crippen molar-refractivity contribution in [2.75, 3.05) is 17.4 Å². The second kappa shape index (κ2) is 14.0. The molecule has 1 atom stereocenters. The SMILES string of the molecule is CC[C@H](C(=O)NCC(C)C)N(Cc1ccccc1Cl)C(=O)CN(c1ccc(C)cc1)S(=O)(=O)c1ccc(Cl)cc1. The van der Waals surface area contributed by atoms with Crippen LogP contribution in [0.2, 0.25) is 10.0 Å². The van der Waals surface area contributed by atoms with Gasteiger partial charge in [-0.1, -0.05) is 79.9 Å². The van der Waals surface area contributed by atoms with Gasteiger partial charge in [0.05, 0.1) is 10.6 Å². The Morgan fingerprint density at radius 1 is 0.925 bits per heavy atom. The molecule has 0 aliphatic heterocycles. The number of halogens is 2. The third-order valence-electron chi connectivity index (χ3n) is 6.37. The average molecular weight is 605 g/mol. The van der Waals surface area contributed by atoms with Crippen LogP contribution in [0.5, 0.6) is 0 Å². The molecule has 7 nitrogen and oxygen atoms in total. The standard InChI is InChI=1S/C30H35Cl2N3O4S/c1-5-28(30(37)33-18-21(2)3)34(19-23-8-6-7-9-27(23)32)29(36)20-35(25-14-10-22(4)11-15-25)40(38,39)26-16-12-24(31)13-17-26/h6-17,21,28H,5,18-20H2,1-4H3,(H,33,37)/t28-/m1/s1. The largest absolute Gasteiger partial charge is 0.354 e. The highest BCUT2D eigenvalue weighted by atomic mass is 35.5. The second-order valence-corrected chi connectivity index (χ2v) is 12.7. The molecule has 1 N–H and O–H groups in total. The summed E-state index contributed by atoms with van der Waals surface area (Å²) in [5.74, 6) is -0.626. The fraction of sp³-hybridized carbons (Fsp3) is 0.333. The molecule has 0 unspecified atom stereocenters. The van der Waals surface area contributed by atoms with Gasteiger partial charge in [0.2, 0.25) is 11.8 Å². The summed E-state index contributed by atoms with van der Waals surface area (Å²) in [6.45, 7) is 7.63. The van der Waals surface area contributed by atoms with Gasteiger partial charge in [-0.2, -0.15) is 0 Å². The fourth-order valence-corrected chi connectivity index (χ4v) is 5.86. The smallest absolute Gasteiger partial charge is 0.264 e. The number of amides is 2. The van der Waals surface area contributed by atoms with E-state index in [1.54, 1.807) is 48.5 Å². The van der Waals surface area contributed by atoms with Crippen LogP contribution in [0.25, 0.3) is 0 Å². The van der Waals surface area contributed by atoms with Crippen molar-refractivity contribution < 1.29 is 18.0 Å². The van der Waals surface area contributed by atoms with Gasteiger partial charge in [0, 0.05) is 23.1 Å². The van der Waals surface area contributed by atoms with Gasteiger partial charge in [0.1, 0.15) is 12.6 Å². The number of carbonyl (C=O) groups excluding carboxylic acids is 2. The van der Waals surface area contributed by atoms with E-state index >= 15 is 0 Å². The fourth-order valence-electron chi connectivity index (χ4n) is 4.13. The lowest BCUT2D eigenvalue weighted by Gasteiger charge is -2.33. The molecule has 214 valence electrons. The second-order valence-electron chi connectivity index (χ2n) is 9.98. The molecule has 0 aliphatic carbocycles. The minimum atomic E-state index is -4.17. The van der Waals surface area contributed by atoms with Gasteiger partial charge in [0.15, 0.2) is 0 Å². The summed E-state index contributed by atoms with van der Waals surface area (Å²) in [5.41, 5.74) is 1.91. The van der Waals surface area contributed by atoms with Crippen LogP contribution in [-0.2, 0) is 26.2 Å². The molecule has 3 aromatic carbocycles. The third kappa shape index (κ3) is 7.99. The lowest BCUT2D eigenvalue weighted by Crippen LogP contribution is -2.52. The number of hydrogen-bond acceptors (Lipinski definition) is 4. The quantitative estimate of drug-likeness (QED) is 0.272. The van der Waals surface area contributed by atoms with Crippen molar-refractivity contribution in [1.29, 1.82) is 0 Å². The number of anilines is 1. The van der Waals surface area contributed by atoms with E-state index in [0.717, 1.165) is 9.87 Å². The van der Waals surface area contributed by atoms with E-state index in [-0.39, 0.29) is 23.3 Å². The number of benzene rings is 3. The van der Waals surface area contributed by atoms with E-state index in [1.165, 1.54) is 29.2 Å². The zero-order valence-electron chi connectivity index (χ0n) is 23.1. The van der Waals surface area contributed by atoms with Gasteiger partial charge in [-0.15, -0.1) is 0 Å². The van der Waals surface area contributed by atoms with Crippen LogP contribution >= 0.6 is 23.2 Å². The molecule has 0 saturated heterocycles. The van der Waals surface area contributed by atoms with E-state index in [4.69, 9.17) is 23.2 Å². The van der Waals surface area contributed by atoms with Crippen LogP contribution in [0.1, 0.15) is 38.3 Å². The summed E-state index contributed by atoms with van der Waals surface area (Å²) >= 11 is 12.4. The normalized spacial score (nSPS) is 12.2. The molecule has 2 amide bonds. The van der Waals surface area contributed by atoms with Crippen molar-refractivity contribution >= 4 is 50.7 Å². The lowest BCUT2D eigenvalue weighted by atomic mass is 10.1. The van der Waals surface area contributed by atoms with Crippen molar-refractivity contribution in [3.05, 3.63) is 94.0 Å². The first-order valence-electron chi connectivity index (χ1n) is 13.1. The number of nitrogens with zero attached hydrogens (tertiary/aromatic N) is 2. The van der Waals surface area contributed by atoms with Gasteiger partial charge in [-0.3, -0.25) is 13.9 Å². The third-order valence-corrected chi connectivity index (χ3v) is 8.78. The predicted octanol–water partition coefficient (Wildman–Crippen LogP) is 6.08. The highest BCUT2D eigenvalue weighted by Crippen LogP contribution is 2.27. The number of aryl methyl sites for hydroxylation is 1. The molecule has 0 spiro atoms. The van der Waals surface area contributed by atoms with Gasteiger partial charge < -0.3 is 10.2 Å². The zero-order valence-corrected chi connectivity index (χ0v) is 25.4. The van der Waals surface area contributed by atoms with Crippen molar-refractivity contribution in [3.63, 3.8) is 0 Å². The highest BCUT2D eigenvalue weighted by molar-refractivity contribution is 7.92. The molecule has 10 heteroatoms. The molecule has 0 aromatic heterocycles. The maximum absolute atomic E-state index is 14.1. The first kappa shape index (κ1) is 31.5. The monoisotopic (exact) mass is 603 g/mol. The summed E-state index contributed by atoms with van der Waals surface area (Å²) in [6.07, 6.45) is 0.328. The predicted molar refractivity (Wildman–Crippen MR) is 161 cm³/mol. The maximum Gasteiger partial charge on any atom is 0.264 e. The minimum absolute atomic E-state index is 0.00959. The first-order chi connectivity index (χ1) is 18.9. The number of sulfonamides is 1. The van der Waals surface area contributed by atoms with Gasteiger partial charge in [0.25, 0.3) is 10.0 Å². The number of nitrogens with one attached hydrogen (secondary N) is 1. The molecule has 40 heavy (non-hydrogen) atoms. The zero-order chi connectivity index (χ0) is 29.4. The Bertz CT molecular complexity index is 1410. The van der Waals surface area contributed by atoms with Crippen LogP contribution in [0.15, 0.2) is 77.7 Å². The molecule has 3 aromatic rings. The van der Waals surface area contributed by atoms with Crippen LogP contribution in [0.3, 0.4) is 0 Å². The molecular weight excluding hydrogens is 569 g/mol. The Balaban J connectivity index is 2.05. The minimum Gasteiger partial charge on any atom is -0.354 e. The molecule has 0 saturated carbocycles. The Morgan fingerprint density at radius 2 is 1.55 bits per heavy atom. The number of carbonyl (C=O) groups is 2. The van der Waals surface area contributed by atoms with Gasteiger partial charge in [-0.25, -0.2) is 8.42 Å². The molecule has 0 aliphatic rings. The molecule has 0 radical (unpaired) electrons. The van der Waals surface area contributed by atoms with E-state index in [1.807, 2.05) is 27.7 Å². The Morgan fingerprint density at radius 3 is 2.12 bits per heavy atom. The summed E-state index contributed by atoms with van der Waals surface area (Å²) in [7, 11) is -4.17. The molecule has 3 rings (SSSR count). The van der Waals surface area contributed by atoms with Crippen molar-refractivity contribution in [3.8, 4) is 0 Å². The number of hydrogen-bond donors (Lipinski definition) is 1. The molecular formula is C30H35Cl2N3O4S. The van der Waals surface area contributed by atoms with Crippen LogP contribution in [0, 0.1) is 12.8 Å². The summed E-state index contributed by atoms with van der Waals surface area (Å²) in [5, 5.41) is 3.75. The Labute approximate surface area is 247 Å². The number of rotatable bonds is 12. The summed E-state index contributed by atoms with van der Waals surface area (Å²) in [4.78, 5) is 28.7. The van der Waals surface area contributed by atoms with E-state index in [9.17, 15) is 18.0 Å². The van der Waals surface area contributed by atoms with Crippen molar-refractivity contribution in [2.24, 2.45) is 5.92 Å². The average Bonchev–Trinajstić information content (AvgIpc) is 2.92.